The summed E-state index contributed by atoms with van der Waals surface area (Å²) < 4.78 is 7.22. The smallest absolute Gasteiger partial charge is 0.327 e. The molecule has 0 atom stereocenters. The van der Waals surface area contributed by atoms with Gasteiger partial charge >= 0.3 is 11.7 Å². The third-order valence-electron chi connectivity index (χ3n) is 5.06. The molecule has 0 aromatic carbocycles. The van der Waals surface area contributed by atoms with Gasteiger partial charge in [-0.15, -0.1) is 0 Å². The fourth-order valence-corrected chi connectivity index (χ4v) is 3.48. The zero-order chi connectivity index (χ0) is 18.4. The van der Waals surface area contributed by atoms with Crippen molar-refractivity contribution in [3.8, 4) is 6.01 Å². The second-order valence-electron chi connectivity index (χ2n) is 7.06. The zero-order valence-corrected chi connectivity index (χ0v) is 15.6. The first kappa shape index (κ1) is 18.7. The molecular weight excluding hydrogens is 332 g/mol. The lowest BCUT2D eigenvalue weighted by atomic mass is 9.92. The number of nitrogens with one attached hydrogen (secondary N) is 2. The van der Waals surface area contributed by atoms with E-state index in [9.17, 15) is 4.79 Å². The van der Waals surface area contributed by atoms with Crippen LogP contribution in [0.15, 0.2) is 4.79 Å². The SMILES string of the molecule is CCCCOc1nc(N)c2[nH]c(=O)n(CCCCC3CCNCC3)c2n1. The Kier molecular flexibility index (Phi) is 6.49. The first-order chi connectivity index (χ1) is 12.7. The summed E-state index contributed by atoms with van der Waals surface area (Å²) >= 11 is 0. The van der Waals surface area contributed by atoms with Crippen molar-refractivity contribution in [3.05, 3.63) is 10.5 Å². The summed E-state index contributed by atoms with van der Waals surface area (Å²) in [6, 6.07) is 0.242. The van der Waals surface area contributed by atoms with Crippen LogP contribution in [0, 0.1) is 5.92 Å². The Morgan fingerprint density at radius 3 is 2.81 bits per heavy atom. The largest absolute Gasteiger partial charge is 0.463 e. The van der Waals surface area contributed by atoms with Crippen LogP contribution < -0.4 is 21.5 Å². The first-order valence-corrected chi connectivity index (χ1v) is 9.78. The number of H-pyrrole nitrogens is 1. The molecule has 3 rings (SSSR count). The molecule has 2 aromatic heterocycles. The summed E-state index contributed by atoms with van der Waals surface area (Å²) in [7, 11) is 0. The lowest BCUT2D eigenvalue weighted by Gasteiger charge is -2.22. The predicted octanol–water partition coefficient (Wildman–Crippen LogP) is 2.05. The second-order valence-corrected chi connectivity index (χ2v) is 7.06. The maximum absolute atomic E-state index is 12.3. The highest BCUT2D eigenvalue weighted by Gasteiger charge is 2.15. The number of ether oxygens (including phenoxy) is 1. The summed E-state index contributed by atoms with van der Waals surface area (Å²) in [6.07, 6.45) is 7.77. The molecule has 1 aliphatic rings. The lowest BCUT2D eigenvalue weighted by Crippen LogP contribution is -2.27. The van der Waals surface area contributed by atoms with Crippen LogP contribution in [-0.4, -0.2) is 39.2 Å². The number of nitrogen functional groups attached to an aromatic ring is 1. The van der Waals surface area contributed by atoms with Gasteiger partial charge in [0, 0.05) is 6.54 Å². The fourth-order valence-electron chi connectivity index (χ4n) is 3.48. The predicted molar refractivity (Wildman–Crippen MR) is 102 cm³/mol. The molecule has 1 saturated heterocycles. The van der Waals surface area contributed by atoms with E-state index in [1.54, 1.807) is 4.57 Å². The van der Waals surface area contributed by atoms with Gasteiger partial charge in [-0.1, -0.05) is 26.2 Å². The van der Waals surface area contributed by atoms with Crippen LogP contribution in [-0.2, 0) is 6.54 Å². The fraction of sp³-hybridized carbons (Fsp3) is 0.722. The maximum atomic E-state index is 12.3. The van der Waals surface area contributed by atoms with E-state index in [1.165, 1.54) is 19.3 Å². The number of nitrogens with zero attached hydrogens (tertiary/aromatic N) is 3. The molecule has 2 aromatic rings. The average Bonchev–Trinajstić information content (AvgIpc) is 2.96. The highest BCUT2D eigenvalue weighted by molar-refractivity contribution is 5.81. The highest BCUT2D eigenvalue weighted by Crippen LogP contribution is 2.20. The van der Waals surface area contributed by atoms with Crippen LogP contribution in [0.5, 0.6) is 6.01 Å². The molecule has 4 N–H and O–H groups in total. The summed E-state index contributed by atoms with van der Waals surface area (Å²) in [5.41, 5.74) is 6.82. The van der Waals surface area contributed by atoms with E-state index in [0.29, 0.717) is 24.3 Å². The number of aryl methyl sites for hydroxylation is 1. The van der Waals surface area contributed by atoms with Gasteiger partial charge in [-0.05, 0) is 44.7 Å². The monoisotopic (exact) mass is 362 g/mol. The van der Waals surface area contributed by atoms with Crippen molar-refractivity contribution in [2.24, 2.45) is 5.92 Å². The maximum Gasteiger partial charge on any atom is 0.327 e. The summed E-state index contributed by atoms with van der Waals surface area (Å²) in [6.45, 7) is 5.53. The van der Waals surface area contributed by atoms with Gasteiger partial charge in [0.25, 0.3) is 0 Å². The van der Waals surface area contributed by atoms with Crippen molar-refractivity contribution in [1.82, 2.24) is 24.8 Å². The second kappa shape index (κ2) is 9.02. The topological polar surface area (TPSA) is 111 Å². The van der Waals surface area contributed by atoms with E-state index >= 15 is 0 Å². The van der Waals surface area contributed by atoms with Crippen molar-refractivity contribution < 1.29 is 4.74 Å². The minimum absolute atomic E-state index is 0.187. The molecule has 8 nitrogen and oxygen atoms in total. The molecule has 1 fully saturated rings. The number of aromatic nitrogens is 4. The molecule has 0 radical (unpaired) electrons. The molecule has 0 saturated carbocycles. The Morgan fingerprint density at radius 2 is 2.04 bits per heavy atom. The Morgan fingerprint density at radius 1 is 1.23 bits per heavy atom. The number of rotatable bonds is 9. The first-order valence-electron chi connectivity index (χ1n) is 9.78. The Balaban J connectivity index is 1.64. The van der Waals surface area contributed by atoms with Crippen LogP contribution in [0.2, 0.25) is 0 Å². The number of aromatic amines is 1. The van der Waals surface area contributed by atoms with E-state index in [-0.39, 0.29) is 17.5 Å². The lowest BCUT2D eigenvalue weighted by molar-refractivity contribution is 0.286. The summed E-state index contributed by atoms with van der Waals surface area (Å²) in [4.78, 5) is 23.6. The van der Waals surface area contributed by atoms with Gasteiger partial charge in [0.2, 0.25) is 0 Å². The number of anilines is 1. The Labute approximate surface area is 153 Å². The van der Waals surface area contributed by atoms with E-state index in [4.69, 9.17) is 10.5 Å². The zero-order valence-electron chi connectivity index (χ0n) is 15.6. The molecule has 0 unspecified atom stereocenters. The number of piperidine rings is 1. The number of nitrogens with two attached hydrogens (primary N) is 1. The molecular formula is C18H30N6O2. The molecule has 0 spiro atoms. The van der Waals surface area contributed by atoms with Crippen molar-refractivity contribution in [3.63, 3.8) is 0 Å². The Bertz CT molecular complexity index is 763. The standard InChI is InChI=1S/C18H30N6O2/c1-2-3-12-26-17-22-15(19)14-16(23-17)24(18(25)21-14)11-5-4-6-13-7-9-20-10-8-13/h13,20H,2-12H2,1H3,(H,21,25)(H2,19,22,23). The average molecular weight is 362 g/mol. The third kappa shape index (κ3) is 4.55. The van der Waals surface area contributed by atoms with Crippen LogP contribution in [0.4, 0.5) is 5.82 Å². The quantitative estimate of drug-likeness (QED) is 0.589. The molecule has 1 aliphatic heterocycles. The van der Waals surface area contributed by atoms with Crippen LogP contribution in [0.3, 0.4) is 0 Å². The number of hydrogen-bond acceptors (Lipinski definition) is 6. The molecule has 0 aliphatic carbocycles. The Hall–Kier alpha value is -2.09. The molecule has 0 bridgehead atoms. The summed E-state index contributed by atoms with van der Waals surface area (Å²) in [5, 5.41) is 3.40. The normalized spacial score (nSPS) is 15.6. The molecule has 0 amide bonds. The van der Waals surface area contributed by atoms with E-state index < -0.39 is 0 Å². The number of hydrogen-bond donors (Lipinski definition) is 3. The van der Waals surface area contributed by atoms with Gasteiger partial charge < -0.3 is 20.8 Å². The van der Waals surface area contributed by atoms with Gasteiger partial charge in [0.15, 0.2) is 11.5 Å². The van der Waals surface area contributed by atoms with Gasteiger partial charge in [-0.25, -0.2) is 4.79 Å². The van der Waals surface area contributed by atoms with E-state index in [1.807, 2.05) is 0 Å². The van der Waals surface area contributed by atoms with Crippen molar-refractivity contribution in [1.29, 1.82) is 0 Å². The van der Waals surface area contributed by atoms with E-state index in [2.05, 4.69) is 27.2 Å². The molecule has 3 heterocycles. The van der Waals surface area contributed by atoms with Gasteiger partial charge in [0.05, 0.1) is 6.61 Å². The number of fused-ring (bicyclic) bond motifs is 1. The van der Waals surface area contributed by atoms with Crippen LogP contribution >= 0.6 is 0 Å². The number of imidazole rings is 1. The third-order valence-corrected chi connectivity index (χ3v) is 5.06. The summed E-state index contributed by atoms with van der Waals surface area (Å²) in [5.74, 6) is 1.07. The van der Waals surface area contributed by atoms with Crippen molar-refractivity contribution in [2.45, 2.75) is 58.4 Å². The molecule has 26 heavy (non-hydrogen) atoms. The van der Waals surface area contributed by atoms with Crippen molar-refractivity contribution >= 4 is 17.0 Å². The number of unbranched alkanes of at least 4 members (excludes halogenated alkanes) is 2. The van der Waals surface area contributed by atoms with Gasteiger partial charge in [0.1, 0.15) is 5.52 Å². The molecule has 144 valence electrons. The van der Waals surface area contributed by atoms with Crippen LogP contribution in [0.25, 0.3) is 11.2 Å². The minimum Gasteiger partial charge on any atom is -0.463 e. The van der Waals surface area contributed by atoms with Gasteiger partial charge in [-0.3, -0.25) is 4.57 Å². The van der Waals surface area contributed by atoms with E-state index in [0.717, 1.165) is 44.7 Å². The molecule has 8 heteroatoms. The minimum atomic E-state index is -0.187. The van der Waals surface area contributed by atoms with Gasteiger partial charge in [-0.2, -0.15) is 9.97 Å². The highest BCUT2D eigenvalue weighted by atomic mass is 16.5. The van der Waals surface area contributed by atoms with Crippen molar-refractivity contribution in [2.75, 3.05) is 25.4 Å². The van der Waals surface area contributed by atoms with Crippen LogP contribution in [0.1, 0.15) is 51.9 Å².